The Balaban J connectivity index is 1.91. The summed E-state index contributed by atoms with van der Waals surface area (Å²) in [6, 6.07) is 0. The molecular weight excluding hydrogens is 384 g/mol. The number of allylic oxidation sites excluding steroid dienone is 3. The Kier molecular flexibility index (Phi) is 6.86. The molecule has 2 unspecified atom stereocenters. The van der Waals surface area contributed by atoms with Gasteiger partial charge in [-0.05, 0) is 30.4 Å². The van der Waals surface area contributed by atoms with Crippen LogP contribution in [0.25, 0.3) is 0 Å². The van der Waals surface area contributed by atoms with Crippen molar-refractivity contribution in [3.8, 4) is 0 Å². The first-order valence-electron chi connectivity index (χ1n) is 9.21. The molecule has 2 aliphatic rings. The number of carbonyl (C=O) groups excluding carboxylic acids is 3. The average molecular weight is 410 g/mol. The standard InChI is InChI=1S/C20H26O9/c1-5-6-11-10(2)14(21)13(9-20(11,3)4)29-19(26)18(25)27-8-7-12-15(22)16(23)17(24)28-12/h5-6,12-13,18,22-23,25H,7-9H2,1-4H3/b6-5-/t12-,13?,18?/m1/s1. The summed E-state index contributed by atoms with van der Waals surface area (Å²) >= 11 is 0. The molecule has 0 bridgehead atoms. The van der Waals surface area contributed by atoms with Gasteiger partial charge in [0.05, 0.1) is 6.61 Å². The molecule has 0 aromatic rings. The summed E-state index contributed by atoms with van der Waals surface area (Å²) in [5.74, 6) is -4.03. The zero-order valence-corrected chi connectivity index (χ0v) is 16.8. The van der Waals surface area contributed by atoms with Gasteiger partial charge < -0.3 is 29.5 Å². The summed E-state index contributed by atoms with van der Waals surface area (Å²) in [5, 5.41) is 28.6. The zero-order chi connectivity index (χ0) is 21.9. The largest absolute Gasteiger partial charge is 0.505 e. The Hall–Kier alpha value is -2.65. The highest BCUT2D eigenvalue weighted by Crippen LogP contribution is 2.40. The summed E-state index contributed by atoms with van der Waals surface area (Å²) in [4.78, 5) is 35.8. The van der Waals surface area contributed by atoms with E-state index in [1.54, 1.807) is 6.92 Å². The Morgan fingerprint density at radius 2 is 2.00 bits per heavy atom. The molecule has 0 saturated heterocycles. The molecule has 9 heteroatoms. The number of cyclic esters (lactones) is 1. The van der Waals surface area contributed by atoms with Gasteiger partial charge >= 0.3 is 11.9 Å². The fourth-order valence-electron chi connectivity index (χ4n) is 3.41. The van der Waals surface area contributed by atoms with Crippen LogP contribution in [0.3, 0.4) is 0 Å². The average Bonchev–Trinajstić information content (AvgIpc) is 2.89. The lowest BCUT2D eigenvalue weighted by Gasteiger charge is -2.36. The monoisotopic (exact) mass is 410 g/mol. The lowest BCUT2D eigenvalue weighted by atomic mass is 9.71. The van der Waals surface area contributed by atoms with Crippen molar-refractivity contribution in [2.24, 2.45) is 5.41 Å². The minimum Gasteiger partial charge on any atom is -0.505 e. The maximum absolute atomic E-state index is 12.5. The Morgan fingerprint density at radius 3 is 2.55 bits per heavy atom. The van der Waals surface area contributed by atoms with Gasteiger partial charge in [-0.25, -0.2) is 9.59 Å². The van der Waals surface area contributed by atoms with Crippen LogP contribution in [0.15, 0.2) is 34.8 Å². The number of aliphatic hydroxyl groups excluding tert-OH is 3. The number of ketones is 1. The van der Waals surface area contributed by atoms with E-state index in [1.165, 1.54) is 0 Å². The fraction of sp³-hybridized carbons (Fsp3) is 0.550. The molecule has 0 amide bonds. The van der Waals surface area contributed by atoms with Crippen molar-refractivity contribution >= 4 is 17.7 Å². The van der Waals surface area contributed by atoms with Crippen LogP contribution in [-0.2, 0) is 28.6 Å². The second-order valence-electron chi connectivity index (χ2n) is 7.56. The molecule has 0 fully saturated rings. The van der Waals surface area contributed by atoms with Crippen LogP contribution < -0.4 is 0 Å². The highest BCUT2D eigenvalue weighted by Gasteiger charge is 2.40. The molecule has 0 spiro atoms. The van der Waals surface area contributed by atoms with Gasteiger partial charge in [0, 0.05) is 12.8 Å². The van der Waals surface area contributed by atoms with Crippen LogP contribution in [0.2, 0.25) is 0 Å². The molecule has 3 atom stereocenters. The van der Waals surface area contributed by atoms with Crippen molar-refractivity contribution in [3.05, 3.63) is 34.8 Å². The van der Waals surface area contributed by atoms with Crippen LogP contribution in [0.4, 0.5) is 0 Å². The Morgan fingerprint density at radius 1 is 1.34 bits per heavy atom. The number of rotatable bonds is 7. The molecule has 1 aliphatic carbocycles. The zero-order valence-electron chi connectivity index (χ0n) is 16.8. The molecule has 0 aromatic heterocycles. The minimum atomic E-state index is -1.95. The smallest absolute Gasteiger partial charge is 0.377 e. The highest BCUT2D eigenvalue weighted by molar-refractivity contribution is 6.01. The molecule has 160 valence electrons. The predicted molar refractivity (Wildman–Crippen MR) is 99.5 cm³/mol. The molecule has 1 heterocycles. The molecule has 29 heavy (non-hydrogen) atoms. The van der Waals surface area contributed by atoms with Gasteiger partial charge in [0.1, 0.15) is 0 Å². The molecular formula is C20H26O9. The summed E-state index contributed by atoms with van der Waals surface area (Å²) in [6.07, 6.45) is -0.252. The second-order valence-corrected chi connectivity index (χ2v) is 7.56. The third-order valence-corrected chi connectivity index (χ3v) is 4.93. The van der Waals surface area contributed by atoms with Gasteiger partial charge in [-0.3, -0.25) is 4.79 Å². The first kappa shape index (κ1) is 22.6. The summed E-state index contributed by atoms with van der Waals surface area (Å²) in [7, 11) is 0. The van der Waals surface area contributed by atoms with Crippen LogP contribution >= 0.6 is 0 Å². The summed E-state index contributed by atoms with van der Waals surface area (Å²) < 4.78 is 14.8. The number of Topliss-reactive ketones (excluding diaryl/α,β-unsaturated/α-hetero) is 1. The van der Waals surface area contributed by atoms with Gasteiger partial charge in [-0.15, -0.1) is 0 Å². The number of hydrogen-bond donors (Lipinski definition) is 3. The van der Waals surface area contributed by atoms with Crippen LogP contribution in [0.5, 0.6) is 0 Å². The Labute approximate surface area is 168 Å². The molecule has 1 aliphatic heterocycles. The quantitative estimate of drug-likeness (QED) is 0.423. The van der Waals surface area contributed by atoms with Gasteiger partial charge in [0.2, 0.25) is 5.76 Å². The summed E-state index contributed by atoms with van der Waals surface area (Å²) in [6.45, 7) is 7.11. The normalized spacial score (nSPS) is 25.6. The topological polar surface area (TPSA) is 140 Å². The van der Waals surface area contributed by atoms with E-state index in [4.69, 9.17) is 9.47 Å². The van der Waals surface area contributed by atoms with Crippen LogP contribution in [-0.4, -0.2) is 58.1 Å². The number of esters is 2. The van der Waals surface area contributed by atoms with Gasteiger partial charge in [0.25, 0.3) is 6.29 Å². The van der Waals surface area contributed by atoms with E-state index >= 15 is 0 Å². The lowest BCUT2D eigenvalue weighted by molar-refractivity contribution is -0.191. The first-order valence-corrected chi connectivity index (χ1v) is 9.21. The van der Waals surface area contributed by atoms with Gasteiger partial charge in [0.15, 0.2) is 23.8 Å². The Bertz CT molecular complexity index is 788. The third-order valence-electron chi connectivity index (χ3n) is 4.93. The van der Waals surface area contributed by atoms with E-state index in [0.29, 0.717) is 5.57 Å². The van der Waals surface area contributed by atoms with Crippen molar-refractivity contribution in [2.75, 3.05) is 6.61 Å². The maximum atomic E-state index is 12.5. The van der Waals surface area contributed by atoms with Crippen molar-refractivity contribution in [1.82, 2.24) is 0 Å². The van der Waals surface area contributed by atoms with Crippen molar-refractivity contribution in [1.29, 1.82) is 0 Å². The van der Waals surface area contributed by atoms with Crippen molar-refractivity contribution < 1.29 is 43.9 Å². The number of ether oxygens (including phenoxy) is 3. The molecule has 0 saturated carbocycles. The summed E-state index contributed by atoms with van der Waals surface area (Å²) in [5.41, 5.74) is 0.966. The van der Waals surface area contributed by atoms with E-state index in [2.05, 4.69) is 4.74 Å². The maximum Gasteiger partial charge on any atom is 0.377 e. The third kappa shape index (κ3) is 4.86. The number of hydrogen-bond acceptors (Lipinski definition) is 9. The molecule has 0 radical (unpaired) electrons. The molecule has 2 rings (SSSR count). The van der Waals surface area contributed by atoms with Crippen LogP contribution in [0.1, 0.15) is 40.5 Å². The van der Waals surface area contributed by atoms with E-state index in [9.17, 15) is 29.7 Å². The van der Waals surface area contributed by atoms with E-state index < -0.39 is 47.4 Å². The molecule has 9 nitrogen and oxygen atoms in total. The number of aliphatic hydroxyl groups is 3. The van der Waals surface area contributed by atoms with Gasteiger partial charge in [-0.2, -0.15) is 0 Å². The van der Waals surface area contributed by atoms with E-state index in [-0.39, 0.29) is 25.2 Å². The lowest BCUT2D eigenvalue weighted by Crippen LogP contribution is -2.41. The predicted octanol–water partition coefficient (Wildman–Crippen LogP) is 1.77. The van der Waals surface area contributed by atoms with E-state index in [1.807, 2.05) is 32.9 Å². The molecule has 3 N–H and O–H groups in total. The number of carbonyl (C=O) groups is 3. The van der Waals surface area contributed by atoms with Gasteiger partial charge in [-0.1, -0.05) is 26.0 Å². The molecule has 0 aromatic carbocycles. The van der Waals surface area contributed by atoms with E-state index in [0.717, 1.165) is 5.57 Å². The van der Waals surface area contributed by atoms with Crippen molar-refractivity contribution in [2.45, 2.75) is 59.0 Å². The van der Waals surface area contributed by atoms with Crippen LogP contribution in [0, 0.1) is 5.41 Å². The first-order chi connectivity index (χ1) is 13.5. The fourth-order valence-corrected chi connectivity index (χ4v) is 3.41. The highest BCUT2D eigenvalue weighted by atomic mass is 16.7. The SMILES string of the molecule is C/C=C\C1=C(C)C(=O)C(OC(=O)C(O)OCC[C@H]2OC(=O)C(O)=C2O)CC1(C)C. The van der Waals surface area contributed by atoms with Crippen molar-refractivity contribution in [3.63, 3.8) is 0 Å². The minimum absolute atomic E-state index is 0.101. The second kappa shape index (κ2) is 8.79.